The van der Waals surface area contributed by atoms with E-state index in [1.807, 2.05) is 18.2 Å². The maximum absolute atomic E-state index is 12.7. The van der Waals surface area contributed by atoms with Gasteiger partial charge in [-0.2, -0.15) is 0 Å². The predicted octanol–water partition coefficient (Wildman–Crippen LogP) is 2.75. The van der Waals surface area contributed by atoms with Gasteiger partial charge in [-0.1, -0.05) is 18.2 Å². The second-order valence-electron chi connectivity index (χ2n) is 7.27. The first kappa shape index (κ1) is 15.3. The number of hydrogen-bond acceptors (Lipinski definition) is 3. The molecule has 4 heteroatoms. The Kier molecular flexibility index (Phi) is 4.13. The maximum Gasteiger partial charge on any atom is 0.224 e. The first-order valence-electron chi connectivity index (χ1n) is 8.21. The molecular weight excluding hydrogens is 276 g/mol. The van der Waals surface area contributed by atoms with Crippen molar-refractivity contribution < 1.29 is 9.53 Å². The van der Waals surface area contributed by atoms with Crippen molar-refractivity contribution in [1.29, 1.82) is 0 Å². The number of rotatable bonds is 2. The molecule has 4 nitrogen and oxygen atoms in total. The van der Waals surface area contributed by atoms with Gasteiger partial charge in [0, 0.05) is 18.5 Å². The molecule has 22 heavy (non-hydrogen) atoms. The van der Waals surface area contributed by atoms with Crippen LogP contribution < -0.4 is 10.1 Å². The van der Waals surface area contributed by atoms with Crippen molar-refractivity contribution in [2.75, 3.05) is 20.1 Å². The van der Waals surface area contributed by atoms with Crippen LogP contribution in [0.1, 0.15) is 44.7 Å². The van der Waals surface area contributed by atoms with Crippen molar-refractivity contribution in [2.24, 2.45) is 5.92 Å². The Morgan fingerprint density at radius 2 is 2.14 bits per heavy atom. The molecule has 2 aliphatic rings. The number of carbonyl (C=O) groups is 1. The number of nitrogens with one attached hydrogen (secondary N) is 1. The fourth-order valence-corrected chi connectivity index (χ4v) is 3.60. The zero-order chi connectivity index (χ0) is 15.7. The number of benzene rings is 1. The highest BCUT2D eigenvalue weighted by molar-refractivity contribution is 5.79. The molecule has 1 saturated heterocycles. The van der Waals surface area contributed by atoms with E-state index in [-0.39, 0.29) is 23.5 Å². The molecule has 1 aromatic carbocycles. The van der Waals surface area contributed by atoms with Gasteiger partial charge in [-0.15, -0.1) is 0 Å². The monoisotopic (exact) mass is 302 g/mol. The van der Waals surface area contributed by atoms with Gasteiger partial charge in [0.1, 0.15) is 11.4 Å². The Labute approximate surface area is 132 Å². The van der Waals surface area contributed by atoms with Crippen molar-refractivity contribution in [3.05, 3.63) is 29.8 Å². The van der Waals surface area contributed by atoms with Crippen LogP contribution in [0.4, 0.5) is 0 Å². The van der Waals surface area contributed by atoms with Crippen molar-refractivity contribution in [1.82, 2.24) is 10.2 Å². The zero-order valence-electron chi connectivity index (χ0n) is 13.8. The van der Waals surface area contributed by atoms with E-state index in [0.717, 1.165) is 43.7 Å². The fraction of sp³-hybridized carbons (Fsp3) is 0.611. The highest BCUT2D eigenvalue weighted by atomic mass is 16.5. The van der Waals surface area contributed by atoms with E-state index in [1.165, 1.54) is 0 Å². The second kappa shape index (κ2) is 5.92. The number of piperidine rings is 1. The van der Waals surface area contributed by atoms with Gasteiger partial charge < -0.3 is 15.0 Å². The molecule has 0 saturated carbocycles. The van der Waals surface area contributed by atoms with Crippen LogP contribution in [0.15, 0.2) is 24.3 Å². The summed E-state index contributed by atoms with van der Waals surface area (Å²) in [6.45, 7) is 6.12. The normalized spacial score (nSPS) is 27.6. The molecule has 0 bridgehead atoms. The molecule has 120 valence electrons. The lowest BCUT2D eigenvalue weighted by atomic mass is 9.88. The molecule has 2 heterocycles. The van der Waals surface area contributed by atoms with Crippen LogP contribution in [0.2, 0.25) is 0 Å². The van der Waals surface area contributed by atoms with Crippen LogP contribution in [0.3, 0.4) is 0 Å². The van der Waals surface area contributed by atoms with Crippen LogP contribution in [-0.4, -0.2) is 36.5 Å². The van der Waals surface area contributed by atoms with Crippen LogP contribution in [0.5, 0.6) is 5.75 Å². The summed E-state index contributed by atoms with van der Waals surface area (Å²) in [4.78, 5) is 14.9. The van der Waals surface area contributed by atoms with Gasteiger partial charge in [-0.25, -0.2) is 0 Å². The smallest absolute Gasteiger partial charge is 0.224 e. The van der Waals surface area contributed by atoms with Crippen molar-refractivity contribution in [2.45, 2.75) is 44.8 Å². The molecule has 1 fully saturated rings. The van der Waals surface area contributed by atoms with Crippen molar-refractivity contribution in [3.63, 3.8) is 0 Å². The molecule has 2 atom stereocenters. The quantitative estimate of drug-likeness (QED) is 0.913. The topological polar surface area (TPSA) is 41.6 Å². The summed E-state index contributed by atoms with van der Waals surface area (Å²) in [5, 5.41) is 3.28. The lowest BCUT2D eigenvalue weighted by Gasteiger charge is -2.39. The molecule has 1 amide bonds. The van der Waals surface area contributed by atoms with E-state index in [4.69, 9.17) is 4.74 Å². The Hall–Kier alpha value is -1.55. The summed E-state index contributed by atoms with van der Waals surface area (Å²) < 4.78 is 6.03. The average Bonchev–Trinajstić information content (AvgIpc) is 2.46. The third-order valence-electron chi connectivity index (χ3n) is 4.69. The van der Waals surface area contributed by atoms with Gasteiger partial charge in [-0.05, 0) is 46.3 Å². The number of carbonyl (C=O) groups excluding carboxylic acids is 1. The number of likely N-dealkylation sites (tertiary alicyclic amines) is 1. The van der Waals surface area contributed by atoms with Gasteiger partial charge in [-0.3, -0.25) is 4.79 Å². The Bertz CT molecular complexity index is 556. The van der Waals surface area contributed by atoms with Gasteiger partial charge >= 0.3 is 0 Å². The van der Waals surface area contributed by atoms with Crippen molar-refractivity contribution in [3.8, 4) is 5.75 Å². The third-order valence-corrected chi connectivity index (χ3v) is 4.69. The Balaban J connectivity index is 1.75. The third kappa shape index (κ3) is 3.27. The summed E-state index contributed by atoms with van der Waals surface area (Å²) in [7, 11) is 2.09. The van der Waals surface area contributed by atoms with E-state index in [2.05, 4.69) is 37.2 Å². The number of amides is 1. The predicted molar refractivity (Wildman–Crippen MR) is 86.9 cm³/mol. The zero-order valence-corrected chi connectivity index (χ0v) is 13.8. The number of para-hydroxylation sites is 1. The fourth-order valence-electron chi connectivity index (χ4n) is 3.60. The largest absolute Gasteiger partial charge is 0.487 e. The lowest BCUT2D eigenvalue weighted by Crippen LogP contribution is -2.46. The van der Waals surface area contributed by atoms with E-state index in [9.17, 15) is 4.79 Å². The highest BCUT2D eigenvalue weighted by Gasteiger charge is 2.35. The summed E-state index contributed by atoms with van der Waals surface area (Å²) in [6.07, 6.45) is 2.90. The lowest BCUT2D eigenvalue weighted by molar-refractivity contribution is -0.127. The summed E-state index contributed by atoms with van der Waals surface area (Å²) in [5.74, 6) is 1.19. The first-order chi connectivity index (χ1) is 10.4. The minimum atomic E-state index is -0.254. The molecule has 0 aliphatic carbocycles. The van der Waals surface area contributed by atoms with Crippen LogP contribution in [0, 0.1) is 5.92 Å². The van der Waals surface area contributed by atoms with Gasteiger partial charge in [0.2, 0.25) is 5.91 Å². The SMILES string of the molecule is CN1CCC[C@H](C(=O)N[C@@H]2CC(C)(C)Oc3ccccc32)C1. The van der Waals surface area contributed by atoms with Gasteiger partial charge in [0.15, 0.2) is 0 Å². The van der Waals surface area contributed by atoms with E-state index in [1.54, 1.807) is 0 Å². The molecule has 0 aromatic heterocycles. The minimum absolute atomic E-state index is 0.0414. The summed E-state index contributed by atoms with van der Waals surface area (Å²) >= 11 is 0. The van der Waals surface area contributed by atoms with Crippen LogP contribution >= 0.6 is 0 Å². The van der Waals surface area contributed by atoms with E-state index < -0.39 is 0 Å². The standard InChI is InChI=1S/C18H26N2O2/c1-18(2)11-15(14-8-4-5-9-16(14)22-18)19-17(21)13-7-6-10-20(3)12-13/h4-5,8-9,13,15H,6-7,10-12H2,1-3H3,(H,19,21)/t13-,15+/m0/s1. The maximum atomic E-state index is 12.7. The number of nitrogens with zero attached hydrogens (tertiary/aromatic N) is 1. The van der Waals surface area contributed by atoms with Crippen molar-refractivity contribution >= 4 is 5.91 Å². The average molecular weight is 302 g/mol. The second-order valence-corrected chi connectivity index (χ2v) is 7.27. The molecule has 0 unspecified atom stereocenters. The summed E-state index contributed by atoms with van der Waals surface area (Å²) in [5.41, 5.74) is 0.842. The minimum Gasteiger partial charge on any atom is -0.487 e. The van der Waals surface area contributed by atoms with Gasteiger partial charge in [0.05, 0.1) is 12.0 Å². The molecule has 1 N–H and O–H groups in total. The molecular formula is C18H26N2O2. The Morgan fingerprint density at radius 1 is 1.36 bits per heavy atom. The summed E-state index contributed by atoms with van der Waals surface area (Å²) in [6, 6.07) is 8.08. The number of fused-ring (bicyclic) bond motifs is 1. The number of hydrogen-bond donors (Lipinski definition) is 1. The molecule has 0 radical (unpaired) electrons. The first-order valence-corrected chi connectivity index (χ1v) is 8.21. The molecule has 0 spiro atoms. The van der Waals surface area contributed by atoms with Gasteiger partial charge in [0.25, 0.3) is 0 Å². The molecule has 3 rings (SSSR count). The van der Waals surface area contributed by atoms with E-state index >= 15 is 0 Å². The number of ether oxygens (including phenoxy) is 1. The Morgan fingerprint density at radius 3 is 2.91 bits per heavy atom. The van der Waals surface area contributed by atoms with Crippen LogP contribution in [0.25, 0.3) is 0 Å². The van der Waals surface area contributed by atoms with E-state index in [0.29, 0.717) is 0 Å². The highest BCUT2D eigenvalue weighted by Crippen LogP contribution is 2.39. The molecule has 2 aliphatic heterocycles. The molecule has 1 aromatic rings. The van der Waals surface area contributed by atoms with Crippen LogP contribution in [-0.2, 0) is 4.79 Å².